The zero-order valence-electron chi connectivity index (χ0n) is 27.5. The standard InChI is InChI=1S/C19H13N7O2.C17H11N7O/c1-11(27)25-16-6-5-12(8-13(16)10-21-25)15-9-17(28)26-19(22-15)23-18(24-26)14-4-2-3-7-20-14;25-15-8-14(10-4-5-12-11(7-10)9-19-22-12)20-17-21-16(23-24(15)17)13-3-1-2-6-18-13/h2-10H,1H3,(H,22,23,24);1-9H,(H,19,22)(H,20,21,23). The van der Waals surface area contributed by atoms with Crippen LogP contribution >= 0.6 is 0 Å². The Morgan fingerprint density at radius 1 is 0.623 bits per heavy atom. The van der Waals surface area contributed by atoms with E-state index in [0.29, 0.717) is 45.7 Å². The number of nitrogens with zero attached hydrogens (tertiary/aromatic N) is 11. The Hall–Kier alpha value is -7.95. The first-order chi connectivity index (χ1) is 25.9. The van der Waals surface area contributed by atoms with Crippen LogP contribution in [0.5, 0.6) is 0 Å². The maximum absolute atomic E-state index is 12.5. The second-order valence-corrected chi connectivity index (χ2v) is 11.8. The fourth-order valence-electron chi connectivity index (χ4n) is 5.84. The van der Waals surface area contributed by atoms with Crippen LogP contribution in [-0.2, 0) is 0 Å². The predicted molar refractivity (Wildman–Crippen MR) is 194 cm³/mol. The van der Waals surface area contributed by atoms with Gasteiger partial charge in [-0.3, -0.25) is 39.6 Å². The van der Waals surface area contributed by atoms with E-state index in [1.54, 1.807) is 49.1 Å². The monoisotopic (exact) mass is 700 g/mol. The van der Waals surface area contributed by atoms with Gasteiger partial charge >= 0.3 is 0 Å². The number of rotatable bonds is 4. The highest BCUT2D eigenvalue weighted by Gasteiger charge is 2.14. The molecular formula is C36H24N14O3. The van der Waals surface area contributed by atoms with Gasteiger partial charge in [0.05, 0.1) is 34.8 Å². The molecule has 0 fully saturated rings. The highest BCUT2D eigenvalue weighted by atomic mass is 16.2. The third-order valence-electron chi connectivity index (χ3n) is 8.37. The van der Waals surface area contributed by atoms with Crippen LogP contribution in [0.15, 0.2) is 119 Å². The Kier molecular flexibility index (Phi) is 7.28. The fourth-order valence-corrected chi connectivity index (χ4v) is 5.84. The summed E-state index contributed by atoms with van der Waals surface area (Å²) in [6, 6.07) is 25.0. The lowest BCUT2D eigenvalue weighted by atomic mass is 10.1. The van der Waals surface area contributed by atoms with Gasteiger partial charge in [0.15, 0.2) is 11.6 Å². The van der Waals surface area contributed by atoms with Gasteiger partial charge in [0.2, 0.25) is 5.91 Å². The van der Waals surface area contributed by atoms with E-state index in [1.165, 1.54) is 32.8 Å². The third kappa shape index (κ3) is 5.69. The Morgan fingerprint density at radius 3 is 1.77 bits per heavy atom. The number of hydrogen-bond donors (Lipinski definition) is 3. The highest BCUT2D eigenvalue weighted by molar-refractivity contribution is 5.92. The Balaban J connectivity index is 0.000000141. The van der Waals surface area contributed by atoms with Crippen LogP contribution in [-0.4, -0.2) is 75.0 Å². The number of carbonyl (C=O) groups excluding carboxylic acids is 1. The van der Waals surface area contributed by atoms with Gasteiger partial charge in [-0.15, -0.1) is 0 Å². The topological polar surface area (TPSA) is 215 Å². The number of fused-ring (bicyclic) bond motifs is 4. The van der Waals surface area contributed by atoms with Gasteiger partial charge in [0.1, 0.15) is 11.4 Å². The Morgan fingerprint density at radius 2 is 1.21 bits per heavy atom. The molecule has 17 nitrogen and oxygen atoms in total. The molecular weight excluding hydrogens is 676 g/mol. The number of aromatic amines is 3. The van der Waals surface area contributed by atoms with Crippen LogP contribution in [0.25, 0.3) is 78.9 Å². The minimum absolute atomic E-state index is 0.167. The molecule has 0 radical (unpaired) electrons. The maximum atomic E-state index is 12.5. The molecule has 8 heterocycles. The predicted octanol–water partition coefficient (Wildman–Crippen LogP) is 4.18. The van der Waals surface area contributed by atoms with Crippen molar-refractivity contribution in [2.75, 3.05) is 0 Å². The minimum Gasteiger partial charge on any atom is -0.278 e. The number of pyridine rings is 2. The first-order valence-electron chi connectivity index (χ1n) is 16.1. The van der Waals surface area contributed by atoms with Gasteiger partial charge in [-0.2, -0.15) is 29.2 Å². The molecule has 256 valence electrons. The van der Waals surface area contributed by atoms with E-state index in [1.807, 2.05) is 48.5 Å². The normalized spacial score (nSPS) is 11.3. The van der Waals surface area contributed by atoms with E-state index in [0.717, 1.165) is 27.4 Å². The summed E-state index contributed by atoms with van der Waals surface area (Å²) in [4.78, 5) is 62.9. The summed E-state index contributed by atoms with van der Waals surface area (Å²) in [5, 5.41) is 18.6. The molecule has 0 saturated carbocycles. The zero-order chi connectivity index (χ0) is 36.1. The second kappa shape index (κ2) is 12.4. The van der Waals surface area contributed by atoms with Crippen LogP contribution in [0.1, 0.15) is 11.7 Å². The first-order valence-corrected chi connectivity index (χ1v) is 16.1. The summed E-state index contributed by atoms with van der Waals surface area (Å²) in [5.74, 6) is 1.34. The van der Waals surface area contributed by atoms with Gasteiger partial charge in [0, 0.05) is 53.3 Å². The van der Waals surface area contributed by atoms with Crippen LogP contribution in [0.4, 0.5) is 0 Å². The van der Waals surface area contributed by atoms with Crippen LogP contribution < -0.4 is 11.1 Å². The number of aromatic nitrogens is 14. The summed E-state index contributed by atoms with van der Waals surface area (Å²) < 4.78 is 3.92. The summed E-state index contributed by atoms with van der Waals surface area (Å²) >= 11 is 0. The Bertz CT molecular complexity index is 3100. The van der Waals surface area contributed by atoms with Gasteiger partial charge < -0.3 is 0 Å². The molecule has 0 unspecified atom stereocenters. The molecule has 17 heteroatoms. The molecule has 10 rings (SSSR count). The number of benzene rings is 2. The van der Waals surface area contributed by atoms with Crippen molar-refractivity contribution in [3.05, 3.63) is 130 Å². The van der Waals surface area contributed by atoms with Crippen molar-refractivity contribution in [3.63, 3.8) is 0 Å². The summed E-state index contributed by atoms with van der Waals surface area (Å²) in [7, 11) is 0. The SMILES string of the molecule is CC(=O)n1ncc2cc(-c3cc(=O)n4[nH]c(-c5ccccn5)nc4n3)ccc21.O=c1cc(-c2ccc3[nH]ncc3c2)nc2nc(-c3ccccn3)[nH]n12. The molecule has 0 aliphatic rings. The lowest BCUT2D eigenvalue weighted by Gasteiger charge is -2.02. The highest BCUT2D eigenvalue weighted by Crippen LogP contribution is 2.24. The number of nitrogens with one attached hydrogen (secondary N) is 3. The molecule has 10 aromatic rings. The molecule has 0 aliphatic heterocycles. The maximum Gasteiger partial charge on any atom is 0.274 e. The molecule has 0 amide bonds. The summed E-state index contributed by atoms with van der Waals surface area (Å²) in [6.07, 6.45) is 6.67. The van der Waals surface area contributed by atoms with E-state index >= 15 is 0 Å². The smallest absolute Gasteiger partial charge is 0.274 e. The number of H-pyrrole nitrogens is 3. The molecule has 53 heavy (non-hydrogen) atoms. The molecule has 8 aromatic heterocycles. The lowest BCUT2D eigenvalue weighted by Crippen LogP contribution is -2.14. The minimum atomic E-state index is -0.283. The van der Waals surface area contributed by atoms with E-state index < -0.39 is 0 Å². The first kappa shape index (κ1) is 31.1. The number of hydrogen-bond acceptors (Lipinski definition) is 11. The molecule has 0 bridgehead atoms. The largest absolute Gasteiger partial charge is 0.278 e. The van der Waals surface area contributed by atoms with Gasteiger partial charge in [-0.25, -0.2) is 14.6 Å². The summed E-state index contributed by atoms with van der Waals surface area (Å²) in [6.45, 7) is 1.45. The van der Waals surface area contributed by atoms with Crippen molar-refractivity contribution >= 4 is 39.3 Å². The number of carbonyl (C=O) groups is 1. The van der Waals surface area contributed by atoms with E-state index in [4.69, 9.17) is 0 Å². The van der Waals surface area contributed by atoms with Crippen molar-refractivity contribution in [1.82, 2.24) is 69.1 Å². The van der Waals surface area contributed by atoms with Gasteiger partial charge in [0.25, 0.3) is 22.7 Å². The third-order valence-corrected chi connectivity index (χ3v) is 8.37. The van der Waals surface area contributed by atoms with Crippen LogP contribution in [0, 0.1) is 0 Å². The average molecular weight is 701 g/mol. The molecule has 3 N–H and O–H groups in total. The van der Waals surface area contributed by atoms with Crippen molar-refractivity contribution in [3.8, 4) is 45.6 Å². The van der Waals surface area contributed by atoms with E-state index in [9.17, 15) is 14.4 Å². The average Bonchev–Trinajstić information content (AvgIpc) is 4.00. The molecule has 0 aliphatic carbocycles. The van der Waals surface area contributed by atoms with E-state index in [2.05, 4.69) is 55.4 Å². The van der Waals surface area contributed by atoms with Crippen LogP contribution in [0.3, 0.4) is 0 Å². The van der Waals surface area contributed by atoms with Crippen molar-refractivity contribution in [2.24, 2.45) is 0 Å². The molecule has 2 aromatic carbocycles. The van der Waals surface area contributed by atoms with Crippen molar-refractivity contribution in [1.29, 1.82) is 0 Å². The molecule has 0 saturated heterocycles. The lowest BCUT2D eigenvalue weighted by molar-refractivity contribution is 0.0926. The quantitative estimate of drug-likeness (QED) is 0.237. The second-order valence-electron chi connectivity index (χ2n) is 11.8. The zero-order valence-corrected chi connectivity index (χ0v) is 27.5. The summed E-state index contributed by atoms with van der Waals surface area (Å²) in [5.41, 5.74) is 4.99. The van der Waals surface area contributed by atoms with Crippen molar-refractivity contribution in [2.45, 2.75) is 6.92 Å². The Labute approximate surface area is 295 Å². The fraction of sp³-hybridized carbons (Fsp3) is 0.0278. The molecule has 0 spiro atoms. The van der Waals surface area contributed by atoms with Gasteiger partial charge in [-0.05, 0) is 48.5 Å². The van der Waals surface area contributed by atoms with Gasteiger partial charge in [-0.1, -0.05) is 24.3 Å². The van der Waals surface area contributed by atoms with Crippen LogP contribution in [0.2, 0.25) is 0 Å². The molecule has 0 atom stereocenters. The van der Waals surface area contributed by atoms with Crippen molar-refractivity contribution < 1.29 is 4.79 Å². The van der Waals surface area contributed by atoms with E-state index in [-0.39, 0.29) is 22.8 Å².